The molecular formula is C26H29ClN4O4. The van der Waals surface area contributed by atoms with Gasteiger partial charge in [0.25, 0.3) is 5.91 Å². The summed E-state index contributed by atoms with van der Waals surface area (Å²) in [7, 11) is 0. The van der Waals surface area contributed by atoms with Gasteiger partial charge < -0.3 is 20.0 Å². The van der Waals surface area contributed by atoms with E-state index in [4.69, 9.17) is 16.0 Å². The Bertz CT molecular complexity index is 1230. The van der Waals surface area contributed by atoms with E-state index in [-0.39, 0.29) is 35.6 Å². The van der Waals surface area contributed by atoms with E-state index in [1.54, 1.807) is 37.3 Å². The molecule has 1 aliphatic carbocycles. The molecule has 0 bridgehead atoms. The second-order valence-electron chi connectivity index (χ2n) is 9.13. The summed E-state index contributed by atoms with van der Waals surface area (Å²) in [5.41, 5.74) is 0.835. The summed E-state index contributed by atoms with van der Waals surface area (Å²) in [6, 6.07) is 10.6. The Morgan fingerprint density at radius 1 is 1.06 bits per heavy atom. The zero-order chi connectivity index (χ0) is 25.1. The van der Waals surface area contributed by atoms with Crippen LogP contribution in [0.2, 0.25) is 5.02 Å². The van der Waals surface area contributed by atoms with E-state index in [0.717, 1.165) is 12.8 Å². The number of furan rings is 1. The number of anilines is 2. The van der Waals surface area contributed by atoms with E-state index >= 15 is 0 Å². The maximum absolute atomic E-state index is 13.2. The van der Waals surface area contributed by atoms with E-state index in [9.17, 15) is 14.4 Å². The molecule has 8 nitrogen and oxygen atoms in total. The van der Waals surface area contributed by atoms with E-state index in [1.165, 1.54) is 6.20 Å². The Morgan fingerprint density at radius 3 is 2.40 bits per heavy atom. The number of nitrogens with zero attached hydrogens (tertiary/aromatic N) is 2. The van der Waals surface area contributed by atoms with Gasteiger partial charge in [0.05, 0.1) is 5.02 Å². The van der Waals surface area contributed by atoms with Crippen LogP contribution < -0.4 is 10.6 Å². The number of pyridine rings is 1. The summed E-state index contributed by atoms with van der Waals surface area (Å²) in [4.78, 5) is 44.3. The van der Waals surface area contributed by atoms with Gasteiger partial charge in [0, 0.05) is 36.5 Å². The van der Waals surface area contributed by atoms with E-state index in [0.29, 0.717) is 40.3 Å². The van der Waals surface area contributed by atoms with Gasteiger partial charge in [0.1, 0.15) is 17.1 Å². The molecule has 0 saturated heterocycles. The zero-order valence-electron chi connectivity index (χ0n) is 20.0. The molecular weight excluding hydrogens is 468 g/mol. The lowest BCUT2D eigenvalue weighted by atomic mass is 9.84. The second kappa shape index (κ2) is 10.5. The Morgan fingerprint density at radius 2 is 1.77 bits per heavy atom. The number of hydrogen-bond donors (Lipinski definition) is 2. The number of nitrogens with one attached hydrogen (secondary N) is 2. The molecule has 1 fully saturated rings. The number of carbonyl (C=O) groups is 3. The van der Waals surface area contributed by atoms with Gasteiger partial charge in [-0.3, -0.25) is 14.4 Å². The van der Waals surface area contributed by atoms with Crippen molar-refractivity contribution >= 4 is 51.8 Å². The summed E-state index contributed by atoms with van der Waals surface area (Å²) in [5.74, 6) is -0.516. The number of fused-ring (bicyclic) bond motifs is 1. The van der Waals surface area contributed by atoms with Crippen molar-refractivity contribution in [3.05, 3.63) is 53.4 Å². The lowest BCUT2D eigenvalue weighted by molar-refractivity contribution is -0.134. The largest absolute Gasteiger partial charge is 0.449 e. The smallest absolute Gasteiger partial charge is 0.294 e. The van der Waals surface area contributed by atoms with Crippen molar-refractivity contribution < 1.29 is 18.8 Å². The van der Waals surface area contributed by atoms with Gasteiger partial charge >= 0.3 is 0 Å². The monoisotopic (exact) mass is 496 g/mol. The summed E-state index contributed by atoms with van der Waals surface area (Å²) in [5, 5.41) is 6.74. The number of aromatic nitrogens is 1. The fraction of sp³-hybridized carbons (Fsp3) is 0.385. The quantitative estimate of drug-likeness (QED) is 0.469. The van der Waals surface area contributed by atoms with Crippen molar-refractivity contribution in [2.45, 2.75) is 58.5 Å². The summed E-state index contributed by atoms with van der Waals surface area (Å²) in [6.07, 6.45) is 4.29. The number of halogens is 1. The molecule has 3 amide bonds. The van der Waals surface area contributed by atoms with E-state index < -0.39 is 5.91 Å². The molecule has 1 aromatic carbocycles. The summed E-state index contributed by atoms with van der Waals surface area (Å²) >= 11 is 5.87. The third kappa shape index (κ3) is 5.48. The topological polar surface area (TPSA) is 105 Å². The van der Waals surface area contributed by atoms with Crippen LogP contribution in [0.1, 0.15) is 57.0 Å². The van der Waals surface area contributed by atoms with E-state index in [2.05, 4.69) is 15.6 Å². The molecule has 1 saturated carbocycles. The number of hydrogen-bond acceptors (Lipinski definition) is 5. The van der Waals surface area contributed by atoms with Gasteiger partial charge in [0.2, 0.25) is 17.6 Å². The second-order valence-corrected chi connectivity index (χ2v) is 9.57. The Kier molecular flexibility index (Phi) is 7.40. The Labute approximate surface area is 209 Å². The summed E-state index contributed by atoms with van der Waals surface area (Å²) < 4.78 is 5.82. The maximum atomic E-state index is 13.2. The number of benzene rings is 1. The van der Waals surface area contributed by atoms with Gasteiger partial charge in [-0.1, -0.05) is 23.7 Å². The molecule has 9 heteroatoms. The highest BCUT2D eigenvalue weighted by atomic mass is 35.5. The van der Waals surface area contributed by atoms with Crippen LogP contribution in [0.5, 0.6) is 0 Å². The van der Waals surface area contributed by atoms with Crippen LogP contribution in [0.25, 0.3) is 11.0 Å². The van der Waals surface area contributed by atoms with Crippen LogP contribution in [0.4, 0.5) is 11.5 Å². The first-order valence-corrected chi connectivity index (χ1v) is 12.2. The average molecular weight is 497 g/mol. The van der Waals surface area contributed by atoms with Crippen molar-refractivity contribution in [2.75, 3.05) is 10.6 Å². The highest BCUT2D eigenvalue weighted by Gasteiger charge is 2.33. The number of para-hydroxylation sites is 1. The van der Waals surface area contributed by atoms with Gasteiger partial charge in [-0.05, 0) is 63.8 Å². The number of amides is 3. The number of carbonyl (C=O) groups excluding carboxylic acids is 3. The lowest BCUT2D eigenvalue weighted by Crippen LogP contribution is -2.46. The maximum Gasteiger partial charge on any atom is 0.294 e. The minimum absolute atomic E-state index is 0.00699. The third-order valence-corrected chi connectivity index (χ3v) is 6.62. The third-order valence-electron chi connectivity index (χ3n) is 6.40. The SMILES string of the molecule is CC(=O)N(C(C)C)[C@H]1CC[C@H](C(=O)Nc2c(C(=O)Nc3ccc(Cl)cn3)oc3ccccc23)CC1. The molecule has 35 heavy (non-hydrogen) atoms. The molecule has 0 spiro atoms. The average Bonchev–Trinajstić information content (AvgIpc) is 3.19. The van der Waals surface area contributed by atoms with Crippen LogP contribution in [-0.2, 0) is 9.59 Å². The van der Waals surface area contributed by atoms with Crippen LogP contribution in [0.3, 0.4) is 0 Å². The zero-order valence-corrected chi connectivity index (χ0v) is 20.8. The molecule has 3 aromatic rings. The fourth-order valence-corrected chi connectivity index (χ4v) is 4.95. The normalized spacial score (nSPS) is 17.9. The Hall–Kier alpha value is -3.39. The van der Waals surface area contributed by atoms with Crippen LogP contribution in [-0.4, -0.2) is 39.7 Å². The first kappa shape index (κ1) is 24.7. The van der Waals surface area contributed by atoms with Gasteiger partial charge in [-0.15, -0.1) is 0 Å². The highest BCUT2D eigenvalue weighted by molar-refractivity contribution is 6.30. The van der Waals surface area contributed by atoms with Gasteiger partial charge in [-0.25, -0.2) is 4.98 Å². The minimum Gasteiger partial charge on any atom is -0.449 e. The molecule has 184 valence electrons. The Balaban J connectivity index is 1.51. The van der Waals surface area contributed by atoms with Crippen LogP contribution in [0.15, 0.2) is 47.0 Å². The van der Waals surface area contributed by atoms with Crippen LogP contribution in [0, 0.1) is 5.92 Å². The van der Waals surface area contributed by atoms with Crippen molar-refractivity contribution in [1.82, 2.24) is 9.88 Å². The van der Waals surface area contributed by atoms with Crippen molar-refractivity contribution in [3.8, 4) is 0 Å². The molecule has 0 aliphatic heterocycles. The predicted molar refractivity (Wildman–Crippen MR) is 135 cm³/mol. The van der Waals surface area contributed by atoms with Gasteiger partial charge in [0.15, 0.2) is 0 Å². The molecule has 0 unspecified atom stereocenters. The standard InChI is InChI=1S/C26H29ClN4O4/c1-15(2)31(16(3)32)19-11-8-17(9-12-19)25(33)30-23-20-6-4-5-7-21(20)35-24(23)26(34)29-22-13-10-18(27)14-28-22/h4-7,10,13-15,17,19H,8-9,11-12H2,1-3H3,(H,30,33)(H,28,29,34)/t17-,19-. The predicted octanol–water partition coefficient (Wildman–Crippen LogP) is 5.49. The molecule has 0 radical (unpaired) electrons. The van der Waals surface area contributed by atoms with Crippen molar-refractivity contribution in [1.29, 1.82) is 0 Å². The van der Waals surface area contributed by atoms with Gasteiger partial charge in [-0.2, -0.15) is 0 Å². The molecule has 4 rings (SSSR count). The first-order valence-electron chi connectivity index (χ1n) is 11.8. The molecule has 0 atom stereocenters. The lowest BCUT2D eigenvalue weighted by Gasteiger charge is -2.38. The highest BCUT2D eigenvalue weighted by Crippen LogP contribution is 2.34. The van der Waals surface area contributed by atoms with Crippen molar-refractivity contribution in [3.63, 3.8) is 0 Å². The number of rotatable bonds is 6. The first-order chi connectivity index (χ1) is 16.7. The van der Waals surface area contributed by atoms with Crippen molar-refractivity contribution in [2.24, 2.45) is 5.92 Å². The molecule has 2 N–H and O–H groups in total. The minimum atomic E-state index is -0.524. The fourth-order valence-electron chi connectivity index (χ4n) is 4.84. The summed E-state index contributed by atoms with van der Waals surface area (Å²) in [6.45, 7) is 5.61. The molecule has 1 aliphatic rings. The molecule has 2 heterocycles. The van der Waals surface area contributed by atoms with E-state index in [1.807, 2.05) is 24.8 Å². The van der Waals surface area contributed by atoms with Crippen LogP contribution >= 0.6 is 11.6 Å². The molecule has 2 aromatic heterocycles.